The van der Waals surface area contributed by atoms with Crippen LogP contribution in [0.2, 0.25) is 0 Å². The molecule has 0 fully saturated rings. The summed E-state index contributed by atoms with van der Waals surface area (Å²) in [6.07, 6.45) is -5.00. The number of carbonyl (C=O) groups is 1. The van der Waals surface area contributed by atoms with Crippen molar-refractivity contribution in [3.8, 4) is 28.4 Å². The van der Waals surface area contributed by atoms with Crippen molar-refractivity contribution in [2.45, 2.75) is 6.18 Å². The van der Waals surface area contributed by atoms with Crippen molar-refractivity contribution in [3.63, 3.8) is 0 Å². The molecule has 0 unspecified atom stereocenters. The van der Waals surface area contributed by atoms with Gasteiger partial charge < -0.3 is 18.6 Å². The summed E-state index contributed by atoms with van der Waals surface area (Å²) in [6, 6.07) is 12.2. The Morgan fingerprint density at radius 1 is 0.917 bits per heavy atom. The van der Waals surface area contributed by atoms with Gasteiger partial charge in [0.15, 0.2) is 23.9 Å². The van der Waals surface area contributed by atoms with E-state index in [9.17, 15) is 27.2 Å². The molecule has 186 valence electrons. The number of hydrogen-bond acceptors (Lipinski definition) is 6. The molecular weight excluding hydrogens is 484 g/mol. The van der Waals surface area contributed by atoms with Crippen LogP contribution >= 0.6 is 0 Å². The van der Waals surface area contributed by atoms with Gasteiger partial charge in [-0.2, -0.15) is 13.2 Å². The smallest absolute Gasteiger partial charge is 0.450 e. The zero-order chi connectivity index (χ0) is 26.0. The predicted octanol–water partition coefficient (Wildman–Crippen LogP) is 5.90. The van der Waals surface area contributed by atoms with Crippen LogP contribution in [-0.4, -0.2) is 26.6 Å². The number of ketones is 1. The van der Waals surface area contributed by atoms with Crippen LogP contribution in [0.15, 0.2) is 69.9 Å². The highest BCUT2D eigenvalue weighted by Crippen LogP contribution is 2.38. The fourth-order valence-electron chi connectivity index (χ4n) is 3.58. The highest BCUT2D eigenvalue weighted by molar-refractivity contribution is 5.98. The summed E-state index contributed by atoms with van der Waals surface area (Å²) in [4.78, 5) is 25.5. The first-order valence-corrected chi connectivity index (χ1v) is 10.4. The third kappa shape index (κ3) is 4.88. The number of ether oxygens (including phenoxy) is 3. The number of methoxy groups -OCH3 is 2. The van der Waals surface area contributed by atoms with E-state index in [1.807, 2.05) is 0 Å². The zero-order valence-corrected chi connectivity index (χ0v) is 18.9. The molecule has 0 radical (unpaired) electrons. The van der Waals surface area contributed by atoms with Crippen molar-refractivity contribution in [1.82, 2.24) is 0 Å². The first-order chi connectivity index (χ1) is 17.1. The maximum atomic E-state index is 13.8. The molecule has 4 aromatic rings. The summed E-state index contributed by atoms with van der Waals surface area (Å²) in [7, 11) is 2.87. The molecule has 3 aromatic carbocycles. The van der Waals surface area contributed by atoms with Crippen LogP contribution in [0.3, 0.4) is 0 Å². The highest BCUT2D eigenvalue weighted by atomic mass is 19.4. The van der Waals surface area contributed by atoms with E-state index in [0.717, 1.165) is 30.3 Å². The second-order valence-electron chi connectivity index (χ2n) is 7.58. The van der Waals surface area contributed by atoms with Crippen LogP contribution in [0.4, 0.5) is 17.6 Å². The van der Waals surface area contributed by atoms with Gasteiger partial charge >= 0.3 is 6.18 Å². The van der Waals surface area contributed by atoms with Gasteiger partial charge in [-0.25, -0.2) is 4.39 Å². The molecule has 4 rings (SSSR count). The summed E-state index contributed by atoms with van der Waals surface area (Å²) in [5, 5.41) is -0.138. The molecule has 0 bridgehead atoms. The number of hydrogen-bond donors (Lipinski definition) is 0. The second kappa shape index (κ2) is 9.73. The molecule has 0 aliphatic heterocycles. The second-order valence-corrected chi connectivity index (χ2v) is 7.58. The van der Waals surface area contributed by atoms with E-state index in [4.69, 9.17) is 18.6 Å². The molecule has 0 saturated heterocycles. The number of alkyl halides is 3. The lowest BCUT2D eigenvalue weighted by molar-refractivity contribution is -0.152. The van der Waals surface area contributed by atoms with E-state index in [0.29, 0.717) is 11.5 Å². The van der Waals surface area contributed by atoms with E-state index in [1.165, 1.54) is 38.5 Å². The van der Waals surface area contributed by atoms with Crippen molar-refractivity contribution >= 4 is 16.8 Å². The Labute approximate surface area is 201 Å². The monoisotopic (exact) mass is 502 g/mol. The van der Waals surface area contributed by atoms with Gasteiger partial charge in [-0.05, 0) is 48.0 Å². The van der Waals surface area contributed by atoms with Crippen LogP contribution in [0.5, 0.6) is 17.2 Å². The minimum atomic E-state index is -5.00. The van der Waals surface area contributed by atoms with Crippen LogP contribution in [0, 0.1) is 5.82 Å². The fourth-order valence-corrected chi connectivity index (χ4v) is 3.58. The number of Topliss-reactive ketones (excluding diaryl/α,β-unsaturated/α-hetero) is 1. The van der Waals surface area contributed by atoms with Gasteiger partial charge in [-0.15, -0.1) is 0 Å². The van der Waals surface area contributed by atoms with Gasteiger partial charge in [0.1, 0.15) is 17.1 Å². The van der Waals surface area contributed by atoms with Crippen LogP contribution < -0.4 is 19.6 Å². The summed E-state index contributed by atoms with van der Waals surface area (Å²) in [5.41, 5.74) is -1.92. The average molecular weight is 502 g/mol. The number of rotatable bonds is 7. The lowest BCUT2D eigenvalue weighted by atomic mass is 10.0. The molecule has 36 heavy (non-hydrogen) atoms. The molecular formula is C26H18F4O6. The van der Waals surface area contributed by atoms with Crippen molar-refractivity contribution in [1.29, 1.82) is 0 Å². The first-order valence-electron chi connectivity index (χ1n) is 10.4. The Morgan fingerprint density at radius 3 is 2.25 bits per heavy atom. The van der Waals surface area contributed by atoms with E-state index >= 15 is 0 Å². The molecule has 0 N–H and O–H groups in total. The summed E-state index contributed by atoms with van der Waals surface area (Å²) in [6.45, 7) is -0.439. The topological polar surface area (TPSA) is 75.0 Å². The van der Waals surface area contributed by atoms with Gasteiger partial charge in [0.2, 0.25) is 11.2 Å². The first kappa shape index (κ1) is 24.8. The molecule has 0 aliphatic rings. The molecule has 1 aromatic heterocycles. The molecule has 0 aliphatic carbocycles. The molecule has 6 nitrogen and oxygen atoms in total. The van der Waals surface area contributed by atoms with E-state index < -0.39 is 41.1 Å². The molecule has 0 atom stereocenters. The average Bonchev–Trinajstić information content (AvgIpc) is 2.86. The number of fused-ring (bicyclic) bond motifs is 1. The lowest BCUT2D eigenvalue weighted by Crippen LogP contribution is -2.16. The van der Waals surface area contributed by atoms with Gasteiger partial charge in [0.05, 0.1) is 25.2 Å². The Morgan fingerprint density at radius 2 is 1.61 bits per heavy atom. The third-order valence-electron chi connectivity index (χ3n) is 5.33. The fraction of sp³-hybridized carbons (Fsp3) is 0.154. The normalized spacial score (nSPS) is 11.4. The third-order valence-corrected chi connectivity index (χ3v) is 5.33. The SMILES string of the molecule is COc1ccc(C(=O)COc2ccc3c(=O)c(-c4ccc(F)cc4)c(C(F)(F)F)oc3c2)cc1OC. The molecule has 1 heterocycles. The van der Waals surface area contributed by atoms with E-state index in [2.05, 4.69) is 0 Å². The maximum absolute atomic E-state index is 13.8. The Balaban J connectivity index is 1.67. The summed E-state index contributed by atoms with van der Waals surface area (Å²) < 4.78 is 75.4. The molecule has 0 saturated carbocycles. The van der Waals surface area contributed by atoms with Crippen LogP contribution in [0.1, 0.15) is 16.1 Å². The minimum Gasteiger partial charge on any atom is -0.493 e. The molecule has 0 spiro atoms. The lowest BCUT2D eigenvalue weighted by Gasteiger charge is -2.13. The van der Waals surface area contributed by atoms with Gasteiger partial charge in [0.25, 0.3) is 0 Å². The highest BCUT2D eigenvalue weighted by Gasteiger charge is 2.39. The Kier molecular flexibility index (Phi) is 6.69. The van der Waals surface area contributed by atoms with E-state index in [1.54, 1.807) is 6.07 Å². The van der Waals surface area contributed by atoms with Crippen molar-refractivity contribution in [3.05, 3.63) is 88.0 Å². The van der Waals surface area contributed by atoms with Crippen molar-refractivity contribution < 1.29 is 41.0 Å². The van der Waals surface area contributed by atoms with Crippen molar-refractivity contribution in [2.24, 2.45) is 0 Å². The summed E-state index contributed by atoms with van der Waals surface area (Å²) in [5.74, 6) is -1.83. The largest absolute Gasteiger partial charge is 0.493 e. The Bertz CT molecular complexity index is 1490. The molecule has 10 heteroatoms. The number of carbonyl (C=O) groups excluding carboxylic acids is 1. The van der Waals surface area contributed by atoms with Crippen LogP contribution in [0.25, 0.3) is 22.1 Å². The van der Waals surface area contributed by atoms with Crippen molar-refractivity contribution in [2.75, 3.05) is 20.8 Å². The standard InChI is InChI=1S/C26H18F4O6/c1-33-20-10-5-15(11-22(20)34-2)19(31)13-35-17-8-9-18-21(12-17)36-25(26(28,29)30)23(24(18)32)14-3-6-16(27)7-4-14/h3-12H,13H2,1-2H3. The van der Waals surface area contributed by atoms with Gasteiger partial charge in [-0.1, -0.05) is 12.1 Å². The molecule has 0 amide bonds. The quantitative estimate of drug-likeness (QED) is 0.232. The Hall–Kier alpha value is -4.34. The van der Waals surface area contributed by atoms with Crippen LogP contribution in [-0.2, 0) is 6.18 Å². The van der Waals surface area contributed by atoms with E-state index in [-0.39, 0.29) is 27.8 Å². The zero-order valence-electron chi connectivity index (χ0n) is 18.9. The number of benzene rings is 3. The van der Waals surface area contributed by atoms with Gasteiger partial charge in [-0.3, -0.25) is 9.59 Å². The number of halogens is 4. The predicted molar refractivity (Wildman–Crippen MR) is 122 cm³/mol. The minimum absolute atomic E-state index is 0.0159. The van der Waals surface area contributed by atoms with Gasteiger partial charge in [0, 0.05) is 11.6 Å². The maximum Gasteiger partial charge on any atom is 0.450 e. The summed E-state index contributed by atoms with van der Waals surface area (Å²) >= 11 is 0.